The Bertz CT molecular complexity index is 1270. The molecule has 196 valence electrons. The van der Waals surface area contributed by atoms with Crippen LogP contribution in [0.15, 0.2) is 64.0 Å². The van der Waals surface area contributed by atoms with Crippen molar-refractivity contribution in [1.82, 2.24) is 9.80 Å². The lowest BCUT2D eigenvalue weighted by atomic mass is 10.1. The quantitative estimate of drug-likeness (QED) is 0.376. The van der Waals surface area contributed by atoms with Crippen LogP contribution in [0, 0.1) is 5.82 Å². The van der Waals surface area contributed by atoms with Gasteiger partial charge in [-0.3, -0.25) is 14.4 Å². The number of carbonyl (C=O) groups is 2. The number of ether oxygens (including phenoxy) is 1. The average molecular weight is 509 g/mol. The van der Waals surface area contributed by atoms with Crippen LogP contribution in [-0.4, -0.2) is 47.4 Å². The van der Waals surface area contributed by atoms with Gasteiger partial charge in [-0.25, -0.2) is 4.39 Å². The minimum absolute atomic E-state index is 0.000294. The first-order chi connectivity index (χ1) is 17.9. The summed E-state index contributed by atoms with van der Waals surface area (Å²) in [5, 5.41) is 0.434. The van der Waals surface area contributed by atoms with E-state index in [4.69, 9.17) is 9.15 Å². The molecule has 0 spiro atoms. The summed E-state index contributed by atoms with van der Waals surface area (Å²) >= 11 is 0. The van der Waals surface area contributed by atoms with Crippen LogP contribution in [-0.2, 0) is 27.4 Å². The molecule has 1 aliphatic rings. The Morgan fingerprint density at radius 2 is 1.81 bits per heavy atom. The second-order valence-electron chi connectivity index (χ2n) is 9.48. The highest BCUT2D eigenvalue weighted by Crippen LogP contribution is 2.17. The van der Waals surface area contributed by atoms with E-state index in [-0.39, 0.29) is 48.8 Å². The molecule has 0 saturated carbocycles. The summed E-state index contributed by atoms with van der Waals surface area (Å²) in [4.78, 5) is 42.9. The monoisotopic (exact) mass is 508 g/mol. The molecule has 0 bridgehead atoms. The highest BCUT2D eigenvalue weighted by Gasteiger charge is 2.26. The highest BCUT2D eigenvalue weighted by atomic mass is 19.1. The molecule has 0 N–H and O–H groups in total. The molecule has 1 saturated heterocycles. The number of carbonyl (C=O) groups excluding carboxylic acids is 2. The van der Waals surface area contributed by atoms with E-state index in [1.807, 2.05) is 6.92 Å². The van der Waals surface area contributed by atoms with Gasteiger partial charge in [0, 0.05) is 26.1 Å². The predicted molar refractivity (Wildman–Crippen MR) is 138 cm³/mol. The summed E-state index contributed by atoms with van der Waals surface area (Å²) in [7, 11) is 0. The van der Waals surface area contributed by atoms with E-state index in [2.05, 4.69) is 0 Å². The number of rotatable bonds is 11. The second kappa shape index (κ2) is 12.6. The van der Waals surface area contributed by atoms with E-state index >= 15 is 0 Å². The Labute approximate surface area is 215 Å². The zero-order valence-electron chi connectivity index (χ0n) is 21.2. The Kier molecular flexibility index (Phi) is 9.06. The van der Waals surface area contributed by atoms with Gasteiger partial charge in [0.2, 0.25) is 11.8 Å². The van der Waals surface area contributed by atoms with Gasteiger partial charge in [0.15, 0.2) is 5.43 Å². The first-order valence-corrected chi connectivity index (χ1v) is 12.9. The van der Waals surface area contributed by atoms with Gasteiger partial charge in [-0.05, 0) is 49.1 Å². The number of unbranched alkanes of at least 4 members (excludes halogenated alkanes) is 1. The zero-order chi connectivity index (χ0) is 26.2. The molecule has 2 aromatic carbocycles. The normalized spacial score (nSPS) is 15.1. The van der Waals surface area contributed by atoms with E-state index in [1.165, 1.54) is 23.3 Å². The van der Waals surface area contributed by atoms with Crippen molar-refractivity contribution >= 4 is 22.8 Å². The third-order valence-corrected chi connectivity index (χ3v) is 6.62. The fourth-order valence-corrected chi connectivity index (χ4v) is 4.51. The number of fused-ring (bicyclic) bond motifs is 1. The molecule has 2 heterocycles. The SMILES string of the molecule is CCCCC(=O)N(CC(=O)N(Cc1ccc(F)cc1)Cc1coc2ccccc2c1=O)CC1CCCO1. The molecule has 1 unspecified atom stereocenters. The molecule has 0 aliphatic carbocycles. The maximum atomic E-state index is 13.6. The van der Waals surface area contributed by atoms with Gasteiger partial charge >= 0.3 is 0 Å². The van der Waals surface area contributed by atoms with Crippen LogP contribution in [0.25, 0.3) is 11.0 Å². The third kappa shape index (κ3) is 7.04. The molecular formula is C29H33FN2O5. The molecule has 1 aromatic heterocycles. The van der Waals surface area contributed by atoms with Crippen molar-refractivity contribution in [1.29, 1.82) is 0 Å². The number of amides is 2. The predicted octanol–water partition coefficient (Wildman–Crippen LogP) is 4.66. The highest BCUT2D eigenvalue weighted by molar-refractivity contribution is 5.85. The van der Waals surface area contributed by atoms with Crippen LogP contribution >= 0.6 is 0 Å². The van der Waals surface area contributed by atoms with Gasteiger partial charge in [-0.2, -0.15) is 0 Å². The molecule has 1 atom stereocenters. The molecule has 2 amide bonds. The maximum absolute atomic E-state index is 13.6. The standard InChI is InChI=1S/C29H33FN2O5/c1-2-3-10-27(33)32(18-24-7-6-15-36-24)19-28(34)31(16-21-11-13-23(30)14-12-21)17-22-20-37-26-9-5-4-8-25(26)29(22)35/h4-5,8-9,11-14,20,24H,2-3,6-7,10,15-19H2,1H3. The molecule has 7 nitrogen and oxygen atoms in total. The van der Waals surface area contributed by atoms with Gasteiger partial charge in [-0.1, -0.05) is 37.6 Å². The number of hydrogen-bond donors (Lipinski definition) is 0. The first kappa shape index (κ1) is 26.5. The molecule has 8 heteroatoms. The van der Waals surface area contributed by atoms with Crippen molar-refractivity contribution in [3.63, 3.8) is 0 Å². The molecular weight excluding hydrogens is 475 g/mol. The minimum Gasteiger partial charge on any atom is -0.464 e. The van der Waals surface area contributed by atoms with E-state index < -0.39 is 0 Å². The summed E-state index contributed by atoms with van der Waals surface area (Å²) in [6.07, 6.45) is 5.06. The molecule has 37 heavy (non-hydrogen) atoms. The molecule has 4 rings (SSSR count). The topological polar surface area (TPSA) is 80.1 Å². The van der Waals surface area contributed by atoms with Gasteiger partial charge in [0.05, 0.1) is 36.4 Å². The average Bonchev–Trinajstić information content (AvgIpc) is 3.42. The van der Waals surface area contributed by atoms with E-state index in [1.54, 1.807) is 41.3 Å². The van der Waals surface area contributed by atoms with Gasteiger partial charge in [-0.15, -0.1) is 0 Å². The maximum Gasteiger partial charge on any atom is 0.242 e. The van der Waals surface area contributed by atoms with E-state index in [0.717, 1.165) is 25.7 Å². The zero-order valence-corrected chi connectivity index (χ0v) is 21.2. The van der Waals surface area contributed by atoms with Crippen LogP contribution in [0.3, 0.4) is 0 Å². The second-order valence-corrected chi connectivity index (χ2v) is 9.48. The fraction of sp³-hybridized carbons (Fsp3) is 0.414. The van der Waals surface area contributed by atoms with Crippen molar-refractivity contribution in [2.75, 3.05) is 19.7 Å². The lowest BCUT2D eigenvalue weighted by molar-refractivity contribution is -0.142. The van der Waals surface area contributed by atoms with Gasteiger partial charge in [0.25, 0.3) is 0 Å². The Hall–Kier alpha value is -3.52. The lowest BCUT2D eigenvalue weighted by Gasteiger charge is -2.29. The van der Waals surface area contributed by atoms with Crippen LogP contribution in [0.4, 0.5) is 4.39 Å². The summed E-state index contributed by atoms with van der Waals surface area (Å²) in [5.74, 6) is -0.765. The van der Waals surface area contributed by atoms with Crippen molar-refractivity contribution in [2.45, 2.75) is 58.2 Å². The van der Waals surface area contributed by atoms with Crippen LogP contribution in [0.5, 0.6) is 0 Å². The number of benzene rings is 2. The summed E-state index contributed by atoms with van der Waals surface area (Å²) in [6.45, 7) is 3.06. The Morgan fingerprint density at radius 3 is 2.54 bits per heavy atom. The van der Waals surface area contributed by atoms with Crippen molar-refractivity contribution < 1.29 is 23.1 Å². The first-order valence-electron chi connectivity index (χ1n) is 12.9. The molecule has 1 aliphatic heterocycles. The number of halogens is 1. The van der Waals surface area contributed by atoms with Gasteiger partial charge in [0.1, 0.15) is 11.4 Å². The minimum atomic E-state index is -0.374. The van der Waals surface area contributed by atoms with Crippen molar-refractivity contribution in [2.24, 2.45) is 0 Å². The number of hydrogen-bond acceptors (Lipinski definition) is 5. The number of nitrogens with zero attached hydrogens (tertiary/aromatic N) is 2. The largest absolute Gasteiger partial charge is 0.464 e. The van der Waals surface area contributed by atoms with Crippen LogP contribution in [0.1, 0.15) is 50.2 Å². The number of para-hydroxylation sites is 1. The summed E-state index contributed by atoms with van der Waals surface area (Å²) in [6, 6.07) is 12.8. The van der Waals surface area contributed by atoms with Crippen LogP contribution < -0.4 is 5.43 Å². The van der Waals surface area contributed by atoms with E-state index in [9.17, 15) is 18.8 Å². The van der Waals surface area contributed by atoms with Crippen LogP contribution in [0.2, 0.25) is 0 Å². The third-order valence-electron chi connectivity index (χ3n) is 6.62. The lowest BCUT2D eigenvalue weighted by Crippen LogP contribution is -2.45. The van der Waals surface area contributed by atoms with Crippen molar-refractivity contribution in [3.05, 3.63) is 82.0 Å². The summed E-state index contributed by atoms with van der Waals surface area (Å²) in [5.41, 5.74) is 1.30. The van der Waals surface area contributed by atoms with E-state index in [0.29, 0.717) is 41.7 Å². The smallest absolute Gasteiger partial charge is 0.242 e. The van der Waals surface area contributed by atoms with Crippen molar-refractivity contribution in [3.8, 4) is 0 Å². The summed E-state index contributed by atoms with van der Waals surface area (Å²) < 4.78 is 24.9. The molecule has 1 fully saturated rings. The fourth-order valence-electron chi connectivity index (χ4n) is 4.51. The Morgan fingerprint density at radius 1 is 1.03 bits per heavy atom. The Balaban J connectivity index is 1.58. The molecule has 3 aromatic rings. The van der Waals surface area contributed by atoms with Gasteiger partial charge < -0.3 is 19.0 Å². The molecule has 0 radical (unpaired) electrons.